The average molecular weight is 214 g/mol. The van der Waals surface area contributed by atoms with Crippen molar-refractivity contribution in [3.05, 3.63) is 34.9 Å². The summed E-state index contributed by atoms with van der Waals surface area (Å²) in [5, 5.41) is 2.73. The molecule has 0 saturated carbocycles. The van der Waals surface area contributed by atoms with Gasteiger partial charge in [0, 0.05) is 17.7 Å². The first-order chi connectivity index (χ1) is 7.68. The van der Waals surface area contributed by atoms with E-state index in [0.29, 0.717) is 12.1 Å². The zero-order valence-corrected chi connectivity index (χ0v) is 8.54. The molecule has 1 aliphatic heterocycles. The first-order valence-electron chi connectivity index (χ1n) is 4.86. The minimum absolute atomic E-state index is 0.0328. The molecular formula is C12H10N2O2. The van der Waals surface area contributed by atoms with Crippen molar-refractivity contribution in [1.82, 2.24) is 5.32 Å². The molecule has 2 rings (SSSR count). The number of nitrogens with one attached hydrogen (secondary N) is 1. The van der Waals surface area contributed by atoms with Crippen LogP contribution in [0.4, 0.5) is 0 Å². The predicted octanol–water partition coefficient (Wildman–Crippen LogP) is 0.157. The number of amides is 2. The van der Waals surface area contributed by atoms with Crippen LogP contribution >= 0.6 is 0 Å². The minimum Gasteiger partial charge on any atom is -0.369 e. The Labute approximate surface area is 92.8 Å². The molecule has 0 saturated heterocycles. The van der Waals surface area contributed by atoms with Crippen LogP contribution in [-0.2, 0) is 11.3 Å². The summed E-state index contributed by atoms with van der Waals surface area (Å²) < 4.78 is 0. The third kappa shape index (κ3) is 1.89. The van der Waals surface area contributed by atoms with Gasteiger partial charge in [0.05, 0.1) is 6.42 Å². The van der Waals surface area contributed by atoms with Gasteiger partial charge in [0.25, 0.3) is 5.91 Å². The van der Waals surface area contributed by atoms with Crippen LogP contribution in [0.2, 0.25) is 0 Å². The fourth-order valence-electron chi connectivity index (χ4n) is 1.60. The molecule has 0 atom stereocenters. The summed E-state index contributed by atoms with van der Waals surface area (Å²) >= 11 is 0. The monoisotopic (exact) mass is 214 g/mol. The van der Waals surface area contributed by atoms with Gasteiger partial charge < -0.3 is 11.1 Å². The fourth-order valence-corrected chi connectivity index (χ4v) is 1.60. The van der Waals surface area contributed by atoms with Crippen molar-refractivity contribution in [2.75, 3.05) is 0 Å². The number of primary amides is 1. The lowest BCUT2D eigenvalue weighted by atomic mass is 10.0. The standard InChI is InChI=1S/C12H10N2O2/c13-11(15)6-2-4-8-3-1-5-9-10(8)7-14-12(9)16/h1,3,5H,6-7H2,(H2,13,15)(H,14,16). The van der Waals surface area contributed by atoms with Crippen LogP contribution in [0.1, 0.15) is 27.9 Å². The highest BCUT2D eigenvalue weighted by molar-refractivity contribution is 5.99. The van der Waals surface area contributed by atoms with Crippen LogP contribution in [0.3, 0.4) is 0 Å². The molecule has 3 N–H and O–H groups in total. The number of rotatable bonds is 1. The molecular weight excluding hydrogens is 204 g/mol. The molecule has 16 heavy (non-hydrogen) atoms. The second-order valence-corrected chi connectivity index (χ2v) is 3.46. The van der Waals surface area contributed by atoms with Crippen molar-refractivity contribution in [3.8, 4) is 11.8 Å². The highest BCUT2D eigenvalue weighted by atomic mass is 16.2. The first kappa shape index (κ1) is 10.2. The molecule has 0 spiro atoms. The summed E-state index contributed by atoms with van der Waals surface area (Å²) in [7, 11) is 0. The Morgan fingerprint density at radius 2 is 2.31 bits per heavy atom. The van der Waals surface area contributed by atoms with Crippen molar-refractivity contribution in [1.29, 1.82) is 0 Å². The molecule has 0 unspecified atom stereocenters. The smallest absolute Gasteiger partial charge is 0.251 e. The van der Waals surface area contributed by atoms with Gasteiger partial charge in [-0.25, -0.2) is 0 Å². The number of hydrogen-bond donors (Lipinski definition) is 2. The second-order valence-electron chi connectivity index (χ2n) is 3.46. The zero-order chi connectivity index (χ0) is 11.5. The Bertz CT molecular complexity index is 524. The Morgan fingerprint density at radius 1 is 1.50 bits per heavy atom. The van der Waals surface area contributed by atoms with Gasteiger partial charge in [-0.3, -0.25) is 9.59 Å². The van der Waals surface area contributed by atoms with Gasteiger partial charge in [0.15, 0.2) is 0 Å². The molecule has 4 heteroatoms. The van der Waals surface area contributed by atoms with Gasteiger partial charge in [-0.05, 0) is 17.7 Å². The highest BCUT2D eigenvalue weighted by Crippen LogP contribution is 2.18. The van der Waals surface area contributed by atoms with E-state index >= 15 is 0 Å². The lowest BCUT2D eigenvalue weighted by Crippen LogP contribution is -2.12. The molecule has 1 aromatic rings. The molecule has 1 aliphatic rings. The molecule has 2 amide bonds. The quantitative estimate of drug-likeness (QED) is 0.653. The van der Waals surface area contributed by atoms with Crippen molar-refractivity contribution < 1.29 is 9.59 Å². The lowest BCUT2D eigenvalue weighted by Gasteiger charge is -1.98. The SMILES string of the molecule is NC(=O)CC#Cc1cccc2c1CNC2=O. The van der Waals surface area contributed by atoms with Crippen molar-refractivity contribution in [2.45, 2.75) is 13.0 Å². The van der Waals surface area contributed by atoms with Crippen LogP contribution in [-0.4, -0.2) is 11.8 Å². The number of nitrogens with two attached hydrogens (primary N) is 1. The molecule has 0 fully saturated rings. The maximum absolute atomic E-state index is 11.4. The van der Waals surface area contributed by atoms with Gasteiger partial charge in [-0.15, -0.1) is 0 Å². The number of carbonyl (C=O) groups is 2. The van der Waals surface area contributed by atoms with E-state index in [4.69, 9.17) is 5.73 Å². The van der Waals surface area contributed by atoms with Crippen LogP contribution in [0.25, 0.3) is 0 Å². The number of carbonyl (C=O) groups excluding carboxylic acids is 2. The highest BCUT2D eigenvalue weighted by Gasteiger charge is 2.20. The Balaban J connectivity index is 2.32. The minimum atomic E-state index is -0.450. The van der Waals surface area contributed by atoms with Gasteiger partial charge >= 0.3 is 0 Å². The van der Waals surface area contributed by atoms with Crippen LogP contribution in [0, 0.1) is 11.8 Å². The summed E-state index contributed by atoms with van der Waals surface area (Å²) in [5.74, 6) is 5.01. The van der Waals surface area contributed by atoms with E-state index < -0.39 is 5.91 Å². The average Bonchev–Trinajstić information content (AvgIpc) is 2.61. The van der Waals surface area contributed by atoms with E-state index in [1.165, 1.54) is 0 Å². The molecule has 0 aromatic heterocycles. The van der Waals surface area contributed by atoms with Crippen molar-refractivity contribution in [3.63, 3.8) is 0 Å². The summed E-state index contributed by atoms with van der Waals surface area (Å²) in [6.45, 7) is 0.496. The van der Waals surface area contributed by atoms with Gasteiger partial charge in [-0.1, -0.05) is 17.9 Å². The van der Waals surface area contributed by atoms with Crippen molar-refractivity contribution >= 4 is 11.8 Å². The number of fused-ring (bicyclic) bond motifs is 1. The Kier molecular flexibility index (Phi) is 2.61. The van der Waals surface area contributed by atoms with E-state index in [0.717, 1.165) is 11.1 Å². The number of benzene rings is 1. The third-order valence-corrected chi connectivity index (χ3v) is 2.33. The summed E-state index contributed by atoms with van der Waals surface area (Å²) in [5.41, 5.74) is 7.31. The van der Waals surface area contributed by atoms with E-state index in [2.05, 4.69) is 17.2 Å². The van der Waals surface area contributed by atoms with E-state index in [-0.39, 0.29) is 12.3 Å². The van der Waals surface area contributed by atoms with Crippen LogP contribution < -0.4 is 11.1 Å². The first-order valence-corrected chi connectivity index (χ1v) is 4.86. The van der Waals surface area contributed by atoms with Crippen LogP contribution in [0.5, 0.6) is 0 Å². The van der Waals surface area contributed by atoms with Crippen molar-refractivity contribution in [2.24, 2.45) is 5.73 Å². The lowest BCUT2D eigenvalue weighted by molar-refractivity contribution is -0.117. The maximum atomic E-state index is 11.4. The number of hydrogen-bond acceptors (Lipinski definition) is 2. The summed E-state index contributed by atoms with van der Waals surface area (Å²) in [6, 6.07) is 5.36. The topological polar surface area (TPSA) is 72.2 Å². The molecule has 1 aromatic carbocycles. The second kappa shape index (κ2) is 4.07. The zero-order valence-electron chi connectivity index (χ0n) is 8.54. The maximum Gasteiger partial charge on any atom is 0.251 e. The largest absolute Gasteiger partial charge is 0.369 e. The molecule has 80 valence electrons. The van der Waals surface area contributed by atoms with E-state index in [1.54, 1.807) is 12.1 Å². The molecule has 1 heterocycles. The molecule has 0 radical (unpaired) electrons. The normalized spacial score (nSPS) is 12.4. The Hall–Kier alpha value is -2.28. The van der Waals surface area contributed by atoms with E-state index in [9.17, 15) is 9.59 Å². The predicted molar refractivity (Wildman–Crippen MR) is 58.3 cm³/mol. The molecule has 4 nitrogen and oxygen atoms in total. The van der Waals surface area contributed by atoms with E-state index in [1.807, 2.05) is 6.07 Å². The summed E-state index contributed by atoms with van der Waals surface area (Å²) in [6.07, 6.45) is 0.0328. The van der Waals surface area contributed by atoms with Crippen LogP contribution in [0.15, 0.2) is 18.2 Å². The summed E-state index contributed by atoms with van der Waals surface area (Å²) in [4.78, 5) is 21.9. The Morgan fingerprint density at radius 3 is 3.06 bits per heavy atom. The van der Waals surface area contributed by atoms with Gasteiger partial charge in [0.1, 0.15) is 0 Å². The molecule has 0 aliphatic carbocycles. The third-order valence-electron chi connectivity index (χ3n) is 2.33. The van der Waals surface area contributed by atoms with Gasteiger partial charge in [0.2, 0.25) is 5.91 Å². The molecule has 0 bridgehead atoms. The fraction of sp³-hybridized carbons (Fsp3) is 0.167. The van der Waals surface area contributed by atoms with Gasteiger partial charge in [-0.2, -0.15) is 0 Å².